The maximum atomic E-state index is 12.7. The summed E-state index contributed by atoms with van der Waals surface area (Å²) < 4.78 is 37.8. The second-order valence-corrected chi connectivity index (χ2v) is 4.07. The van der Waals surface area contributed by atoms with Gasteiger partial charge in [0.15, 0.2) is 0 Å². The van der Waals surface area contributed by atoms with Gasteiger partial charge in [0.1, 0.15) is 0 Å². The van der Waals surface area contributed by atoms with Gasteiger partial charge in [0.25, 0.3) is 0 Å². The molecule has 5 heteroatoms. The Morgan fingerprint density at radius 2 is 2.33 bits per heavy atom. The quantitative estimate of drug-likeness (QED) is 0.380. The third-order valence-electron chi connectivity index (χ3n) is 1.54. The molecule has 0 spiro atoms. The van der Waals surface area contributed by atoms with E-state index in [1.807, 2.05) is 0 Å². The molecular formula is C7H10F3NS. The van der Waals surface area contributed by atoms with Gasteiger partial charge in [0.05, 0.1) is 11.1 Å². The van der Waals surface area contributed by atoms with Crippen molar-refractivity contribution in [1.82, 2.24) is 5.12 Å². The van der Waals surface area contributed by atoms with Gasteiger partial charge in [0.2, 0.25) is 0 Å². The van der Waals surface area contributed by atoms with Crippen molar-refractivity contribution in [3.8, 4) is 0 Å². The molecule has 1 heterocycles. The van der Waals surface area contributed by atoms with Crippen LogP contribution in [-0.4, -0.2) is 22.3 Å². The van der Waals surface area contributed by atoms with Gasteiger partial charge >= 0.3 is 6.05 Å². The lowest BCUT2D eigenvalue weighted by molar-refractivity contribution is -0.216. The molecule has 0 aromatic heterocycles. The van der Waals surface area contributed by atoms with E-state index in [1.165, 1.54) is 0 Å². The summed E-state index contributed by atoms with van der Waals surface area (Å²) in [7, 11) is 0. The highest BCUT2D eigenvalue weighted by Gasteiger charge is 2.49. The summed E-state index contributed by atoms with van der Waals surface area (Å²) in [6, 6.07) is -3.30. The fraction of sp³-hybridized carbons (Fsp3) is 0.714. The molecular weight excluding hydrogens is 187 g/mol. The number of hydrogen-bond acceptors (Lipinski definition) is 2. The van der Waals surface area contributed by atoms with Gasteiger partial charge in [-0.1, -0.05) is 10.7 Å². The molecule has 0 aliphatic carbocycles. The van der Waals surface area contributed by atoms with Gasteiger partial charge in [-0.3, -0.25) is 0 Å². The van der Waals surface area contributed by atoms with E-state index >= 15 is 0 Å². The molecule has 0 radical (unpaired) electrons. The number of rotatable bonds is 2. The lowest BCUT2D eigenvalue weighted by atomic mass is 10.2. The Kier molecular flexibility index (Phi) is 2.73. The maximum absolute atomic E-state index is 12.7. The molecule has 1 nitrogen and oxygen atoms in total. The van der Waals surface area contributed by atoms with Crippen molar-refractivity contribution < 1.29 is 13.3 Å². The van der Waals surface area contributed by atoms with Crippen LogP contribution in [0.1, 0.15) is 13.3 Å². The van der Waals surface area contributed by atoms with Crippen molar-refractivity contribution in [2.45, 2.75) is 24.8 Å². The smallest absolute Gasteiger partial charge is 0.185 e. The first-order valence-electron chi connectivity index (χ1n) is 3.52. The van der Waals surface area contributed by atoms with E-state index < -0.39 is 17.2 Å². The predicted octanol–water partition coefficient (Wildman–Crippen LogP) is 2.80. The third kappa shape index (κ3) is 1.95. The minimum absolute atomic E-state index is 0.275. The second-order valence-electron chi connectivity index (χ2n) is 2.90. The minimum Gasteiger partial charge on any atom is -0.185 e. The molecule has 1 fully saturated rings. The Labute approximate surface area is 73.5 Å². The molecule has 1 unspecified atom stereocenters. The summed E-state index contributed by atoms with van der Waals surface area (Å²) >= 11 is 0.926. The molecule has 1 aliphatic rings. The number of hydrogen-bond donors (Lipinski definition) is 0. The van der Waals surface area contributed by atoms with Crippen molar-refractivity contribution in [3.05, 3.63) is 12.2 Å². The van der Waals surface area contributed by atoms with Gasteiger partial charge in [-0.25, -0.2) is 0 Å². The van der Waals surface area contributed by atoms with Crippen molar-refractivity contribution in [3.63, 3.8) is 0 Å². The van der Waals surface area contributed by atoms with Crippen LogP contribution in [0.25, 0.3) is 0 Å². The van der Waals surface area contributed by atoms with Gasteiger partial charge in [0, 0.05) is 0 Å². The molecule has 0 bridgehead atoms. The molecule has 0 aromatic rings. The Bertz CT molecular complexity index is 195. The van der Waals surface area contributed by atoms with E-state index in [9.17, 15) is 13.3 Å². The fourth-order valence-corrected chi connectivity index (χ4v) is 2.18. The normalized spacial score (nSPS) is 29.2. The van der Waals surface area contributed by atoms with Crippen LogP contribution in [0.5, 0.6) is 0 Å². The lowest BCUT2D eigenvalue weighted by Gasteiger charge is -2.18. The van der Waals surface area contributed by atoms with Crippen LogP contribution in [-0.2, 0) is 0 Å². The zero-order valence-corrected chi connectivity index (χ0v) is 7.50. The lowest BCUT2D eigenvalue weighted by Crippen LogP contribution is -2.35. The van der Waals surface area contributed by atoms with E-state index in [2.05, 4.69) is 6.58 Å². The largest absolute Gasteiger partial charge is 0.339 e. The van der Waals surface area contributed by atoms with E-state index in [-0.39, 0.29) is 11.5 Å². The van der Waals surface area contributed by atoms with Gasteiger partial charge in [-0.2, -0.15) is 8.78 Å². The summed E-state index contributed by atoms with van der Waals surface area (Å²) in [4.78, 5) is 0. The van der Waals surface area contributed by atoms with E-state index in [4.69, 9.17) is 0 Å². The molecule has 0 N–H and O–H groups in total. The van der Waals surface area contributed by atoms with Gasteiger partial charge < -0.3 is 0 Å². The predicted molar refractivity (Wildman–Crippen MR) is 43.6 cm³/mol. The van der Waals surface area contributed by atoms with Crippen molar-refractivity contribution in [2.75, 3.05) is 5.75 Å². The average molecular weight is 197 g/mol. The second kappa shape index (κ2) is 3.30. The molecule has 0 saturated carbocycles. The van der Waals surface area contributed by atoms with Crippen molar-refractivity contribution >= 4 is 11.8 Å². The first-order valence-corrected chi connectivity index (χ1v) is 4.57. The zero-order chi connectivity index (χ0) is 9.35. The summed E-state index contributed by atoms with van der Waals surface area (Å²) in [6.07, 6.45) is 0.275. The average Bonchev–Trinajstić information content (AvgIpc) is 2.15. The van der Waals surface area contributed by atoms with Crippen LogP contribution >= 0.6 is 11.8 Å². The van der Waals surface area contributed by atoms with E-state index in [1.54, 1.807) is 6.92 Å². The standard InChI is InChI=1S/C7H10F3NS/c1-5(2)3-6-11(10)7(8,9)4-12-6/h6H,1,3-4H2,2H3. The molecule has 1 rings (SSSR count). The number of nitrogens with zero attached hydrogens (tertiary/aromatic N) is 1. The summed E-state index contributed by atoms with van der Waals surface area (Å²) in [6.45, 7) is 5.25. The minimum atomic E-state index is -3.30. The monoisotopic (exact) mass is 197 g/mol. The van der Waals surface area contributed by atoms with Crippen molar-refractivity contribution in [1.29, 1.82) is 0 Å². The summed E-state index contributed by atoms with van der Waals surface area (Å²) in [5.74, 6) is -0.471. The topological polar surface area (TPSA) is 3.24 Å². The van der Waals surface area contributed by atoms with E-state index in [0.29, 0.717) is 5.57 Å². The number of thioether (sulfide) groups is 1. The highest BCUT2D eigenvalue weighted by atomic mass is 32.2. The molecule has 1 aliphatic heterocycles. The van der Waals surface area contributed by atoms with Crippen LogP contribution in [0.2, 0.25) is 0 Å². The summed E-state index contributed by atoms with van der Waals surface area (Å²) in [5.41, 5.74) is 0.716. The van der Waals surface area contributed by atoms with Gasteiger partial charge in [-0.05, 0) is 13.3 Å². The Balaban J connectivity index is 2.55. The first kappa shape index (κ1) is 9.92. The zero-order valence-electron chi connectivity index (χ0n) is 6.69. The summed E-state index contributed by atoms with van der Waals surface area (Å²) in [5, 5.41) is -1.13. The Morgan fingerprint density at radius 1 is 1.75 bits per heavy atom. The van der Waals surface area contributed by atoms with Gasteiger partial charge in [-0.15, -0.1) is 22.8 Å². The molecule has 1 atom stereocenters. The molecule has 0 amide bonds. The molecule has 0 aromatic carbocycles. The van der Waals surface area contributed by atoms with Crippen LogP contribution in [0.4, 0.5) is 13.3 Å². The van der Waals surface area contributed by atoms with Crippen LogP contribution in [0.15, 0.2) is 12.2 Å². The molecule has 70 valence electrons. The van der Waals surface area contributed by atoms with Crippen molar-refractivity contribution in [2.24, 2.45) is 0 Å². The first-order chi connectivity index (χ1) is 5.43. The third-order valence-corrected chi connectivity index (χ3v) is 2.79. The van der Waals surface area contributed by atoms with E-state index in [0.717, 1.165) is 11.8 Å². The molecule has 12 heavy (non-hydrogen) atoms. The Hall–Kier alpha value is -0.160. The number of halogens is 3. The SMILES string of the molecule is C=C(C)CC1SCC(F)(F)N1F. The highest BCUT2D eigenvalue weighted by Crippen LogP contribution is 2.41. The van der Waals surface area contributed by atoms with Crippen LogP contribution in [0.3, 0.4) is 0 Å². The molecule has 1 saturated heterocycles. The highest BCUT2D eigenvalue weighted by molar-refractivity contribution is 8.00. The fourth-order valence-electron chi connectivity index (χ4n) is 0.971. The maximum Gasteiger partial charge on any atom is 0.339 e. The Morgan fingerprint density at radius 3 is 2.67 bits per heavy atom. The van der Waals surface area contributed by atoms with Crippen LogP contribution in [0, 0.1) is 0 Å². The number of alkyl halides is 2. The van der Waals surface area contributed by atoms with Crippen LogP contribution < -0.4 is 0 Å².